The van der Waals surface area contributed by atoms with Crippen molar-refractivity contribution in [1.29, 1.82) is 0 Å². The number of hydrogen-bond donors (Lipinski definition) is 1. The summed E-state index contributed by atoms with van der Waals surface area (Å²) in [6, 6.07) is 8.39. The van der Waals surface area contributed by atoms with Crippen LogP contribution in [-0.4, -0.2) is 56.1 Å². The number of benzene rings is 1. The fraction of sp³-hybridized carbons (Fsp3) is 0.412. The van der Waals surface area contributed by atoms with Gasteiger partial charge in [0.2, 0.25) is 0 Å². The van der Waals surface area contributed by atoms with Gasteiger partial charge >= 0.3 is 0 Å². The number of anilines is 2. The normalized spacial score (nSPS) is 15.7. The van der Waals surface area contributed by atoms with Crippen LogP contribution >= 0.6 is 11.3 Å². The van der Waals surface area contributed by atoms with Crippen molar-refractivity contribution in [3.63, 3.8) is 0 Å². The van der Waals surface area contributed by atoms with Crippen molar-refractivity contribution in [2.75, 3.05) is 50.1 Å². The lowest BCUT2D eigenvalue weighted by atomic mass is 10.2. The van der Waals surface area contributed by atoms with E-state index >= 15 is 0 Å². The van der Waals surface area contributed by atoms with Crippen molar-refractivity contribution in [2.45, 2.75) is 6.54 Å². The van der Waals surface area contributed by atoms with E-state index in [2.05, 4.69) is 48.9 Å². The standard InChI is InChI=1S/C17H24N6S/c1-21(2)15-5-3-4-14(12-15)13-20-16(18)22-7-9-23(10-8-22)17-19-6-11-24-17/h3-6,11-12H,7-10,13H2,1-2H3,(H2,18,20). The molecule has 0 spiro atoms. The summed E-state index contributed by atoms with van der Waals surface area (Å²) in [5.41, 5.74) is 8.54. The number of nitrogens with two attached hydrogens (primary N) is 1. The minimum atomic E-state index is 0.611. The number of nitrogens with zero attached hydrogens (tertiary/aromatic N) is 5. The van der Waals surface area contributed by atoms with Gasteiger partial charge in [-0.1, -0.05) is 12.1 Å². The Morgan fingerprint density at radius 2 is 2.08 bits per heavy atom. The van der Waals surface area contributed by atoms with E-state index in [1.807, 2.05) is 25.7 Å². The Morgan fingerprint density at radius 3 is 2.75 bits per heavy atom. The minimum absolute atomic E-state index is 0.611. The third-order valence-electron chi connectivity index (χ3n) is 4.14. The monoisotopic (exact) mass is 344 g/mol. The summed E-state index contributed by atoms with van der Waals surface area (Å²) in [4.78, 5) is 15.5. The topological polar surface area (TPSA) is 61.0 Å². The van der Waals surface area contributed by atoms with Gasteiger partial charge in [-0.05, 0) is 17.7 Å². The van der Waals surface area contributed by atoms with Crippen LogP contribution in [0, 0.1) is 0 Å². The van der Waals surface area contributed by atoms with Crippen LogP contribution in [0.1, 0.15) is 5.56 Å². The van der Waals surface area contributed by atoms with Crippen LogP contribution in [0.15, 0.2) is 40.8 Å². The molecule has 0 atom stereocenters. The van der Waals surface area contributed by atoms with Crippen molar-refractivity contribution in [2.24, 2.45) is 10.7 Å². The van der Waals surface area contributed by atoms with Gasteiger partial charge in [-0.2, -0.15) is 0 Å². The van der Waals surface area contributed by atoms with Crippen molar-refractivity contribution in [3.8, 4) is 0 Å². The molecule has 0 saturated carbocycles. The van der Waals surface area contributed by atoms with E-state index in [4.69, 9.17) is 5.73 Å². The molecule has 2 heterocycles. The average molecular weight is 344 g/mol. The van der Waals surface area contributed by atoms with Crippen molar-refractivity contribution in [3.05, 3.63) is 41.4 Å². The molecule has 1 aromatic carbocycles. The fourth-order valence-electron chi connectivity index (χ4n) is 2.70. The molecule has 0 bridgehead atoms. The molecule has 0 unspecified atom stereocenters. The Kier molecular flexibility index (Phi) is 5.20. The highest BCUT2D eigenvalue weighted by Crippen LogP contribution is 2.19. The smallest absolute Gasteiger partial charge is 0.191 e. The largest absolute Gasteiger partial charge is 0.378 e. The molecule has 1 fully saturated rings. The summed E-state index contributed by atoms with van der Waals surface area (Å²) >= 11 is 1.68. The van der Waals surface area contributed by atoms with Gasteiger partial charge in [0, 0.05) is 57.5 Å². The highest BCUT2D eigenvalue weighted by atomic mass is 32.1. The number of piperazine rings is 1. The molecule has 128 valence electrons. The molecular weight excluding hydrogens is 320 g/mol. The number of hydrogen-bond acceptors (Lipinski definition) is 5. The van der Waals surface area contributed by atoms with E-state index in [1.165, 1.54) is 11.3 Å². The second-order valence-corrected chi connectivity index (χ2v) is 6.90. The Morgan fingerprint density at radius 1 is 1.29 bits per heavy atom. The van der Waals surface area contributed by atoms with Gasteiger partial charge in [-0.3, -0.25) is 0 Å². The molecule has 0 radical (unpaired) electrons. The van der Waals surface area contributed by atoms with Crippen LogP contribution in [-0.2, 0) is 6.54 Å². The van der Waals surface area contributed by atoms with Crippen molar-refractivity contribution in [1.82, 2.24) is 9.88 Å². The molecule has 0 aliphatic carbocycles. The van der Waals surface area contributed by atoms with E-state index in [0.29, 0.717) is 12.5 Å². The van der Waals surface area contributed by atoms with Crippen LogP contribution in [0.3, 0.4) is 0 Å². The lowest BCUT2D eigenvalue weighted by Crippen LogP contribution is -2.51. The first-order valence-electron chi connectivity index (χ1n) is 8.09. The van der Waals surface area contributed by atoms with E-state index in [1.54, 1.807) is 11.3 Å². The summed E-state index contributed by atoms with van der Waals surface area (Å²) in [6.07, 6.45) is 1.85. The molecule has 6 nitrogen and oxygen atoms in total. The number of aliphatic imine (C=N–C) groups is 1. The van der Waals surface area contributed by atoms with Crippen LogP contribution in [0.25, 0.3) is 0 Å². The van der Waals surface area contributed by atoms with Gasteiger partial charge in [0.15, 0.2) is 11.1 Å². The Balaban J connectivity index is 1.56. The first kappa shape index (κ1) is 16.6. The second kappa shape index (κ2) is 7.53. The highest BCUT2D eigenvalue weighted by Gasteiger charge is 2.19. The zero-order valence-electron chi connectivity index (χ0n) is 14.2. The van der Waals surface area contributed by atoms with Crippen LogP contribution < -0.4 is 15.5 Å². The molecule has 2 aromatic rings. The van der Waals surface area contributed by atoms with Crippen molar-refractivity contribution >= 4 is 28.1 Å². The molecule has 0 amide bonds. The number of thiazole rings is 1. The third-order valence-corrected chi connectivity index (χ3v) is 4.98. The molecule has 7 heteroatoms. The minimum Gasteiger partial charge on any atom is -0.378 e. The number of rotatable bonds is 4. The van der Waals surface area contributed by atoms with E-state index in [9.17, 15) is 0 Å². The van der Waals surface area contributed by atoms with Crippen LogP contribution in [0.5, 0.6) is 0 Å². The molecule has 1 aliphatic heterocycles. The summed E-state index contributed by atoms with van der Waals surface area (Å²) in [5, 5.41) is 3.10. The molecule has 1 aromatic heterocycles. The predicted molar refractivity (Wildman–Crippen MR) is 102 cm³/mol. The molecule has 1 saturated heterocycles. The lowest BCUT2D eigenvalue weighted by molar-refractivity contribution is 0.380. The summed E-state index contributed by atoms with van der Waals surface area (Å²) in [5.74, 6) is 0.629. The highest BCUT2D eigenvalue weighted by molar-refractivity contribution is 7.13. The van der Waals surface area contributed by atoms with Crippen LogP contribution in [0.2, 0.25) is 0 Å². The maximum absolute atomic E-state index is 6.19. The molecule has 24 heavy (non-hydrogen) atoms. The van der Waals surface area contributed by atoms with Crippen molar-refractivity contribution < 1.29 is 0 Å². The quantitative estimate of drug-likeness (QED) is 0.677. The summed E-state index contributed by atoms with van der Waals surface area (Å²) in [7, 11) is 4.08. The first-order chi connectivity index (χ1) is 11.6. The lowest BCUT2D eigenvalue weighted by Gasteiger charge is -2.35. The maximum Gasteiger partial charge on any atom is 0.191 e. The zero-order valence-corrected chi connectivity index (χ0v) is 15.0. The second-order valence-electron chi connectivity index (χ2n) is 6.03. The third kappa shape index (κ3) is 3.97. The number of guanidine groups is 1. The Bertz CT molecular complexity index is 674. The maximum atomic E-state index is 6.19. The predicted octanol–water partition coefficient (Wildman–Crippen LogP) is 1.85. The van der Waals surface area contributed by atoms with Gasteiger partial charge < -0.3 is 20.4 Å². The van der Waals surface area contributed by atoms with E-state index < -0.39 is 0 Å². The Labute approximate surface area is 147 Å². The molecule has 3 rings (SSSR count). The first-order valence-corrected chi connectivity index (χ1v) is 8.97. The van der Waals surface area contributed by atoms with E-state index in [0.717, 1.165) is 31.3 Å². The Hall–Kier alpha value is -2.28. The summed E-state index contributed by atoms with van der Waals surface area (Å²) < 4.78 is 0. The van der Waals surface area contributed by atoms with Gasteiger partial charge in [-0.25, -0.2) is 9.98 Å². The molecule has 1 aliphatic rings. The van der Waals surface area contributed by atoms with Crippen LogP contribution in [0.4, 0.5) is 10.8 Å². The molecular formula is C17H24N6S. The van der Waals surface area contributed by atoms with Gasteiger partial charge in [-0.15, -0.1) is 11.3 Å². The fourth-order valence-corrected chi connectivity index (χ4v) is 3.40. The number of aromatic nitrogens is 1. The van der Waals surface area contributed by atoms with Gasteiger partial charge in [0.05, 0.1) is 6.54 Å². The van der Waals surface area contributed by atoms with Gasteiger partial charge in [0.1, 0.15) is 0 Å². The molecule has 2 N–H and O–H groups in total. The zero-order chi connectivity index (χ0) is 16.9. The van der Waals surface area contributed by atoms with Gasteiger partial charge in [0.25, 0.3) is 0 Å². The average Bonchev–Trinajstić information content (AvgIpc) is 3.14. The summed E-state index contributed by atoms with van der Waals surface area (Å²) in [6.45, 7) is 4.24. The SMILES string of the molecule is CN(C)c1cccc(CN=C(N)N2CCN(c3nccs3)CC2)c1. The van der Waals surface area contributed by atoms with E-state index in [-0.39, 0.29) is 0 Å².